The summed E-state index contributed by atoms with van der Waals surface area (Å²) in [5.74, 6) is 2.67. The predicted molar refractivity (Wildman–Crippen MR) is 97.2 cm³/mol. The molecule has 0 radical (unpaired) electrons. The summed E-state index contributed by atoms with van der Waals surface area (Å²) in [4.78, 5) is 18.4. The highest BCUT2D eigenvalue weighted by molar-refractivity contribution is 8.00. The number of thioether (sulfide) groups is 1. The van der Waals surface area contributed by atoms with Gasteiger partial charge in [-0.25, -0.2) is 0 Å². The molecule has 1 amide bonds. The number of carbonyl (C=O) groups excluding carboxylic acids is 1. The van der Waals surface area contributed by atoms with E-state index in [1.54, 1.807) is 18.0 Å². The van der Waals surface area contributed by atoms with Crippen molar-refractivity contribution in [2.24, 2.45) is 5.92 Å². The highest BCUT2D eigenvalue weighted by Gasteiger charge is 2.35. The van der Waals surface area contributed by atoms with Crippen molar-refractivity contribution in [2.45, 2.75) is 26.1 Å². The van der Waals surface area contributed by atoms with Crippen molar-refractivity contribution >= 4 is 17.7 Å². The van der Waals surface area contributed by atoms with Gasteiger partial charge in [0.25, 0.3) is 0 Å². The maximum Gasteiger partial charge on any atom is 0.233 e. The molecule has 0 saturated carbocycles. The Hall–Kier alpha value is -2.01. The molecule has 1 aliphatic heterocycles. The fraction of sp³-hybridized carbons (Fsp3) is 0.368. The van der Waals surface area contributed by atoms with Gasteiger partial charge >= 0.3 is 0 Å². The van der Waals surface area contributed by atoms with Gasteiger partial charge < -0.3 is 9.64 Å². The molecular weight excluding hydrogens is 320 g/mol. The number of rotatable bonds is 5. The summed E-state index contributed by atoms with van der Waals surface area (Å²) in [6.45, 7) is 7.04. The third kappa shape index (κ3) is 3.73. The van der Waals surface area contributed by atoms with Crippen LogP contribution in [-0.4, -0.2) is 28.1 Å². The van der Waals surface area contributed by atoms with Crippen LogP contribution in [0.5, 0.6) is 11.5 Å². The van der Waals surface area contributed by atoms with Crippen LogP contribution in [0.25, 0.3) is 0 Å². The molecule has 1 saturated heterocycles. The van der Waals surface area contributed by atoms with E-state index in [0.717, 1.165) is 23.6 Å². The van der Waals surface area contributed by atoms with E-state index in [1.807, 2.05) is 48.4 Å². The highest BCUT2D eigenvalue weighted by Crippen LogP contribution is 2.43. The Kier molecular flexibility index (Phi) is 5.09. The fourth-order valence-electron chi connectivity index (χ4n) is 2.71. The van der Waals surface area contributed by atoms with Gasteiger partial charge in [0, 0.05) is 24.5 Å². The second-order valence-corrected chi connectivity index (χ2v) is 7.50. The monoisotopic (exact) mass is 342 g/mol. The summed E-state index contributed by atoms with van der Waals surface area (Å²) >= 11 is 1.64. The first-order valence-corrected chi connectivity index (χ1v) is 9.19. The van der Waals surface area contributed by atoms with Gasteiger partial charge in [-0.05, 0) is 31.0 Å². The topological polar surface area (TPSA) is 42.4 Å². The minimum atomic E-state index is -0.0333. The van der Waals surface area contributed by atoms with Gasteiger partial charge in [-0.1, -0.05) is 31.5 Å². The Morgan fingerprint density at radius 1 is 1.29 bits per heavy atom. The van der Waals surface area contributed by atoms with Crippen molar-refractivity contribution in [2.75, 3.05) is 12.3 Å². The van der Waals surface area contributed by atoms with Crippen molar-refractivity contribution < 1.29 is 9.53 Å². The molecule has 1 aromatic carbocycles. The number of hydrogen-bond donors (Lipinski definition) is 0. The zero-order valence-electron chi connectivity index (χ0n) is 14.2. The SMILES string of the molecule is Cc1ccc(Oc2ccncc2C2SCC(=O)N2CC(C)C)cc1. The van der Waals surface area contributed by atoms with Crippen LogP contribution in [0, 0.1) is 12.8 Å². The zero-order chi connectivity index (χ0) is 17.1. The summed E-state index contributed by atoms with van der Waals surface area (Å²) in [5, 5.41) is -0.0333. The van der Waals surface area contributed by atoms with Gasteiger partial charge in [0.15, 0.2) is 0 Å². The van der Waals surface area contributed by atoms with Crippen molar-refractivity contribution in [3.05, 3.63) is 53.9 Å². The number of nitrogens with zero attached hydrogens (tertiary/aromatic N) is 2. The van der Waals surface area contributed by atoms with Crippen LogP contribution < -0.4 is 4.74 Å². The lowest BCUT2D eigenvalue weighted by molar-refractivity contribution is -0.128. The van der Waals surface area contributed by atoms with Crippen LogP contribution in [0.1, 0.15) is 30.3 Å². The Bertz CT molecular complexity index is 716. The quantitative estimate of drug-likeness (QED) is 0.807. The molecule has 2 aromatic rings. The highest BCUT2D eigenvalue weighted by atomic mass is 32.2. The Balaban J connectivity index is 1.88. The Labute approximate surface area is 147 Å². The predicted octanol–water partition coefficient (Wildman–Crippen LogP) is 4.41. The average molecular weight is 342 g/mol. The number of aromatic nitrogens is 1. The van der Waals surface area contributed by atoms with Crippen LogP contribution in [-0.2, 0) is 4.79 Å². The number of benzene rings is 1. The number of ether oxygens (including phenoxy) is 1. The standard InChI is InChI=1S/C19H22N2O2S/c1-13(2)11-21-18(22)12-24-19(21)16-10-20-9-8-17(16)23-15-6-4-14(3)5-7-15/h4-10,13,19H,11-12H2,1-3H3. The molecule has 126 valence electrons. The molecule has 5 heteroatoms. The molecule has 0 N–H and O–H groups in total. The van der Waals surface area contributed by atoms with E-state index < -0.39 is 0 Å². The largest absolute Gasteiger partial charge is 0.457 e. The van der Waals surface area contributed by atoms with E-state index in [1.165, 1.54) is 5.56 Å². The second kappa shape index (κ2) is 7.26. The fourth-order valence-corrected chi connectivity index (χ4v) is 3.91. The maximum atomic E-state index is 12.2. The van der Waals surface area contributed by atoms with E-state index in [9.17, 15) is 4.79 Å². The molecule has 0 aliphatic carbocycles. The lowest BCUT2D eigenvalue weighted by atomic mass is 10.1. The van der Waals surface area contributed by atoms with Gasteiger partial charge in [0.1, 0.15) is 16.9 Å². The second-order valence-electron chi connectivity index (χ2n) is 6.43. The molecule has 1 aromatic heterocycles. The smallest absolute Gasteiger partial charge is 0.233 e. The molecule has 0 spiro atoms. The minimum absolute atomic E-state index is 0.0333. The van der Waals surface area contributed by atoms with E-state index in [2.05, 4.69) is 18.8 Å². The Morgan fingerprint density at radius 3 is 2.75 bits per heavy atom. The van der Waals surface area contributed by atoms with E-state index in [-0.39, 0.29) is 11.3 Å². The molecule has 2 heterocycles. The van der Waals surface area contributed by atoms with Crippen molar-refractivity contribution in [3.63, 3.8) is 0 Å². The zero-order valence-corrected chi connectivity index (χ0v) is 15.0. The summed E-state index contributed by atoms with van der Waals surface area (Å²) in [5.41, 5.74) is 2.15. The van der Waals surface area contributed by atoms with Gasteiger partial charge in [-0.3, -0.25) is 9.78 Å². The maximum absolute atomic E-state index is 12.2. The summed E-state index contributed by atoms with van der Waals surface area (Å²) in [7, 11) is 0. The summed E-state index contributed by atoms with van der Waals surface area (Å²) < 4.78 is 6.07. The van der Waals surface area contributed by atoms with Crippen LogP contribution >= 0.6 is 11.8 Å². The lowest BCUT2D eigenvalue weighted by Crippen LogP contribution is -2.31. The van der Waals surface area contributed by atoms with Gasteiger partial charge in [-0.2, -0.15) is 0 Å². The summed E-state index contributed by atoms with van der Waals surface area (Å²) in [6.07, 6.45) is 3.54. The van der Waals surface area contributed by atoms with Gasteiger partial charge in [-0.15, -0.1) is 11.8 Å². The third-order valence-corrected chi connectivity index (χ3v) is 5.09. The first kappa shape index (κ1) is 16.8. The molecule has 1 aliphatic rings. The summed E-state index contributed by atoms with van der Waals surface area (Å²) in [6, 6.07) is 9.83. The van der Waals surface area contributed by atoms with Gasteiger partial charge in [0.2, 0.25) is 5.91 Å². The number of aryl methyl sites for hydroxylation is 1. The first-order valence-electron chi connectivity index (χ1n) is 8.14. The Morgan fingerprint density at radius 2 is 2.04 bits per heavy atom. The van der Waals surface area contributed by atoms with Crippen LogP contribution in [0.15, 0.2) is 42.7 Å². The van der Waals surface area contributed by atoms with E-state index >= 15 is 0 Å². The van der Waals surface area contributed by atoms with Crippen molar-refractivity contribution in [3.8, 4) is 11.5 Å². The lowest BCUT2D eigenvalue weighted by Gasteiger charge is -2.26. The van der Waals surface area contributed by atoms with Crippen molar-refractivity contribution in [1.82, 2.24) is 9.88 Å². The third-order valence-electron chi connectivity index (χ3n) is 3.85. The molecular formula is C19H22N2O2S. The normalized spacial score (nSPS) is 17.6. The number of pyridine rings is 1. The van der Waals surface area contributed by atoms with E-state index in [0.29, 0.717) is 11.7 Å². The van der Waals surface area contributed by atoms with Gasteiger partial charge in [0.05, 0.1) is 5.75 Å². The number of hydrogen-bond acceptors (Lipinski definition) is 4. The average Bonchev–Trinajstić information content (AvgIpc) is 2.90. The number of amides is 1. The van der Waals surface area contributed by atoms with Crippen LogP contribution in [0.4, 0.5) is 0 Å². The molecule has 1 atom stereocenters. The molecule has 1 unspecified atom stereocenters. The molecule has 0 bridgehead atoms. The minimum Gasteiger partial charge on any atom is -0.457 e. The number of carbonyl (C=O) groups is 1. The van der Waals surface area contributed by atoms with Crippen LogP contribution in [0.3, 0.4) is 0 Å². The molecule has 1 fully saturated rings. The first-order chi connectivity index (χ1) is 11.5. The molecule has 24 heavy (non-hydrogen) atoms. The molecule has 4 nitrogen and oxygen atoms in total. The van der Waals surface area contributed by atoms with E-state index in [4.69, 9.17) is 4.74 Å². The van der Waals surface area contributed by atoms with Crippen molar-refractivity contribution in [1.29, 1.82) is 0 Å². The molecule has 3 rings (SSSR count). The van der Waals surface area contributed by atoms with Crippen LogP contribution in [0.2, 0.25) is 0 Å².